The first-order chi connectivity index (χ1) is 17.0. The molecule has 8 heteroatoms. The third-order valence-corrected chi connectivity index (χ3v) is 6.27. The van der Waals surface area contributed by atoms with Gasteiger partial charge in [0.2, 0.25) is 0 Å². The lowest BCUT2D eigenvalue weighted by atomic mass is 9.97. The predicted molar refractivity (Wildman–Crippen MR) is 133 cm³/mol. The Morgan fingerprint density at radius 3 is 2.57 bits per heavy atom. The number of benzene rings is 2. The molecule has 0 amide bonds. The van der Waals surface area contributed by atoms with Crippen LogP contribution in [0.2, 0.25) is 0 Å². The molecule has 0 aliphatic carbocycles. The molecule has 1 saturated heterocycles. The summed E-state index contributed by atoms with van der Waals surface area (Å²) < 4.78 is 29.5. The fourth-order valence-corrected chi connectivity index (χ4v) is 4.50. The van der Waals surface area contributed by atoms with Crippen molar-refractivity contribution < 1.29 is 23.4 Å². The molecule has 7 nitrogen and oxygen atoms in total. The Bertz CT molecular complexity index is 1170. The number of ether oxygens (including phenoxy) is 3. The average molecular weight is 482 g/mol. The number of fused-ring (bicyclic) bond motifs is 1. The second kappa shape index (κ2) is 11.4. The third-order valence-electron chi connectivity index (χ3n) is 6.27. The summed E-state index contributed by atoms with van der Waals surface area (Å²) in [6.45, 7) is 4.74. The topological polar surface area (TPSA) is 72.9 Å². The number of esters is 1. The van der Waals surface area contributed by atoms with Gasteiger partial charge in [-0.15, -0.1) is 0 Å². The van der Waals surface area contributed by atoms with Crippen LogP contribution < -0.4 is 19.7 Å². The normalized spacial score (nSPS) is 15.8. The molecule has 1 atom stereocenters. The van der Waals surface area contributed by atoms with Crippen molar-refractivity contribution in [1.82, 2.24) is 10.3 Å². The molecule has 2 heterocycles. The summed E-state index contributed by atoms with van der Waals surface area (Å²) in [6.07, 6.45) is 1.70. The summed E-state index contributed by atoms with van der Waals surface area (Å²) in [4.78, 5) is 19.6. The van der Waals surface area contributed by atoms with Crippen molar-refractivity contribution in [2.24, 2.45) is 5.92 Å². The standard InChI is InChI=1S/C27H32FN3O4/c1-4-35-27(32)19-6-5-11-31(17-19)26-21(16-29-15-18-7-9-22(28)10-8-18)12-20-13-24(33-2)25(34-3)14-23(20)30-26/h7-10,12-14,19,29H,4-6,11,15-17H2,1-3H3. The summed E-state index contributed by atoms with van der Waals surface area (Å²) in [5.41, 5.74) is 2.79. The molecule has 1 fully saturated rings. The van der Waals surface area contributed by atoms with E-state index in [1.807, 2.05) is 19.1 Å². The van der Waals surface area contributed by atoms with Crippen LogP contribution in [0.3, 0.4) is 0 Å². The summed E-state index contributed by atoms with van der Waals surface area (Å²) >= 11 is 0. The van der Waals surface area contributed by atoms with Crippen LogP contribution in [0, 0.1) is 11.7 Å². The largest absolute Gasteiger partial charge is 0.493 e. The molecule has 35 heavy (non-hydrogen) atoms. The molecule has 1 N–H and O–H groups in total. The quantitative estimate of drug-likeness (QED) is 0.453. The number of aromatic nitrogens is 1. The average Bonchev–Trinajstić information content (AvgIpc) is 2.88. The van der Waals surface area contributed by atoms with Gasteiger partial charge in [0.25, 0.3) is 0 Å². The first-order valence-corrected chi connectivity index (χ1v) is 11.9. The van der Waals surface area contributed by atoms with E-state index in [0.29, 0.717) is 37.7 Å². The highest BCUT2D eigenvalue weighted by molar-refractivity contribution is 5.85. The molecule has 0 spiro atoms. The third kappa shape index (κ3) is 5.82. The Hall–Kier alpha value is -3.39. The molecule has 0 bridgehead atoms. The highest BCUT2D eigenvalue weighted by Gasteiger charge is 2.29. The number of methoxy groups -OCH3 is 2. The predicted octanol–water partition coefficient (Wildman–Crippen LogP) is 4.46. The fourth-order valence-electron chi connectivity index (χ4n) is 4.50. The molecule has 3 aromatic rings. The zero-order valence-electron chi connectivity index (χ0n) is 20.5. The number of carbonyl (C=O) groups is 1. The number of hydrogen-bond acceptors (Lipinski definition) is 7. The van der Waals surface area contributed by atoms with Gasteiger partial charge in [0.15, 0.2) is 11.5 Å². The molecule has 0 radical (unpaired) electrons. The van der Waals surface area contributed by atoms with Gasteiger partial charge in [0.05, 0.1) is 32.3 Å². The van der Waals surface area contributed by atoms with Gasteiger partial charge in [-0.2, -0.15) is 0 Å². The van der Waals surface area contributed by atoms with Crippen LogP contribution in [0.25, 0.3) is 10.9 Å². The van der Waals surface area contributed by atoms with E-state index in [4.69, 9.17) is 19.2 Å². The summed E-state index contributed by atoms with van der Waals surface area (Å²) in [7, 11) is 3.22. The van der Waals surface area contributed by atoms with Gasteiger partial charge in [-0.25, -0.2) is 9.37 Å². The van der Waals surface area contributed by atoms with Gasteiger partial charge < -0.3 is 24.4 Å². The van der Waals surface area contributed by atoms with Crippen LogP contribution in [0.5, 0.6) is 11.5 Å². The highest BCUT2D eigenvalue weighted by Crippen LogP contribution is 2.35. The Morgan fingerprint density at radius 1 is 1.11 bits per heavy atom. The number of carbonyl (C=O) groups excluding carboxylic acids is 1. The minimum Gasteiger partial charge on any atom is -0.493 e. The summed E-state index contributed by atoms with van der Waals surface area (Å²) in [5.74, 6) is 1.52. The van der Waals surface area contributed by atoms with Crippen molar-refractivity contribution in [2.75, 3.05) is 38.8 Å². The molecule has 1 aliphatic heterocycles. The van der Waals surface area contributed by atoms with E-state index in [1.165, 1.54) is 12.1 Å². The number of pyridine rings is 1. The number of anilines is 1. The lowest BCUT2D eigenvalue weighted by molar-refractivity contribution is -0.148. The Morgan fingerprint density at radius 2 is 1.86 bits per heavy atom. The number of piperidine rings is 1. The van der Waals surface area contributed by atoms with Gasteiger partial charge in [-0.05, 0) is 49.6 Å². The van der Waals surface area contributed by atoms with Crippen molar-refractivity contribution in [3.05, 3.63) is 59.4 Å². The van der Waals surface area contributed by atoms with Gasteiger partial charge >= 0.3 is 5.97 Å². The van der Waals surface area contributed by atoms with Crippen molar-refractivity contribution in [3.8, 4) is 11.5 Å². The summed E-state index contributed by atoms with van der Waals surface area (Å²) in [6, 6.07) is 12.4. The zero-order chi connectivity index (χ0) is 24.8. The number of hydrogen-bond donors (Lipinski definition) is 1. The summed E-state index contributed by atoms with van der Waals surface area (Å²) in [5, 5.41) is 4.38. The molecular weight excluding hydrogens is 449 g/mol. The van der Waals surface area contributed by atoms with Crippen LogP contribution >= 0.6 is 0 Å². The number of nitrogens with zero attached hydrogens (tertiary/aromatic N) is 2. The van der Waals surface area contributed by atoms with Crippen molar-refractivity contribution >= 4 is 22.7 Å². The smallest absolute Gasteiger partial charge is 0.310 e. The lowest BCUT2D eigenvalue weighted by Crippen LogP contribution is -2.40. The first kappa shape index (κ1) is 24.7. The molecule has 1 unspecified atom stereocenters. The van der Waals surface area contributed by atoms with E-state index in [-0.39, 0.29) is 17.7 Å². The number of rotatable bonds is 9. The van der Waals surface area contributed by atoms with Gasteiger partial charge in [0, 0.05) is 43.2 Å². The van der Waals surface area contributed by atoms with E-state index in [2.05, 4.69) is 16.3 Å². The van der Waals surface area contributed by atoms with Gasteiger partial charge in [-0.1, -0.05) is 12.1 Å². The van der Waals surface area contributed by atoms with E-state index in [1.54, 1.807) is 26.4 Å². The molecule has 1 aliphatic rings. The van der Waals surface area contributed by atoms with Crippen LogP contribution in [0.15, 0.2) is 42.5 Å². The van der Waals surface area contributed by atoms with E-state index in [0.717, 1.165) is 47.2 Å². The van der Waals surface area contributed by atoms with E-state index in [9.17, 15) is 9.18 Å². The molecular formula is C27H32FN3O4. The lowest BCUT2D eigenvalue weighted by Gasteiger charge is -2.34. The second-order valence-corrected chi connectivity index (χ2v) is 8.64. The minimum absolute atomic E-state index is 0.152. The van der Waals surface area contributed by atoms with E-state index < -0.39 is 0 Å². The maximum atomic E-state index is 13.2. The monoisotopic (exact) mass is 481 g/mol. The zero-order valence-corrected chi connectivity index (χ0v) is 20.5. The van der Waals surface area contributed by atoms with Crippen molar-refractivity contribution in [3.63, 3.8) is 0 Å². The molecule has 1 aromatic heterocycles. The Kier molecular flexibility index (Phi) is 8.02. The number of nitrogens with one attached hydrogen (secondary N) is 1. The van der Waals surface area contributed by atoms with Crippen LogP contribution in [-0.4, -0.2) is 44.9 Å². The highest BCUT2D eigenvalue weighted by atomic mass is 19.1. The van der Waals surface area contributed by atoms with Gasteiger partial charge in [-0.3, -0.25) is 4.79 Å². The molecule has 0 saturated carbocycles. The molecule has 2 aromatic carbocycles. The fraction of sp³-hybridized carbons (Fsp3) is 0.407. The van der Waals surface area contributed by atoms with E-state index >= 15 is 0 Å². The van der Waals surface area contributed by atoms with Crippen LogP contribution in [-0.2, 0) is 22.6 Å². The number of halogens is 1. The first-order valence-electron chi connectivity index (χ1n) is 11.9. The Balaban J connectivity index is 1.65. The van der Waals surface area contributed by atoms with Crippen molar-refractivity contribution in [1.29, 1.82) is 0 Å². The SMILES string of the molecule is CCOC(=O)C1CCCN(c2nc3cc(OC)c(OC)cc3cc2CNCc2ccc(F)cc2)C1. The van der Waals surface area contributed by atoms with Crippen LogP contribution in [0.1, 0.15) is 30.9 Å². The maximum Gasteiger partial charge on any atom is 0.310 e. The Labute approximate surface area is 205 Å². The van der Waals surface area contributed by atoms with Crippen LogP contribution in [0.4, 0.5) is 10.2 Å². The van der Waals surface area contributed by atoms with Gasteiger partial charge in [0.1, 0.15) is 11.6 Å². The maximum absolute atomic E-state index is 13.2. The van der Waals surface area contributed by atoms with Crippen molar-refractivity contribution in [2.45, 2.75) is 32.9 Å². The molecule has 4 rings (SSSR count). The second-order valence-electron chi connectivity index (χ2n) is 8.64. The molecule has 186 valence electrons. The minimum atomic E-state index is -0.250.